The van der Waals surface area contributed by atoms with Crippen molar-refractivity contribution in [3.8, 4) is 0 Å². The first-order valence-corrected chi connectivity index (χ1v) is 6.91. The minimum Gasteiger partial charge on any atom is -0.392 e. The lowest BCUT2D eigenvalue weighted by molar-refractivity contribution is 0.199. The maximum atomic E-state index is 9.42. The Balaban J connectivity index is 2.19. The molecule has 1 fully saturated rings. The van der Waals surface area contributed by atoms with Crippen molar-refractivity contribution in [1.29, 1.82) is 0 Å². The summed E-state index contributed by atoms with van der Waals surface area (Å²) >= 11 is 6.07. The maximum absolute atomic E-state index is 9.42. The number of aliphatic hydroxyl groups excluding tert-OH is 1. The number of hydrogen-bond acceptors (Lipinski definition) is 3. The van der Waals surface area contributed by atoms with E-state index in [1.54, 1.807) is 0 Å². The molecule has 100 valence electrons. The molecule has 1 unspecified atom stereocenters. The third-order valence-corrected chi connectivity index (χ3v) is 3.96. The first kappa shape index (κ1) is 13.7. The third kappa shape index (κ3) is 2.79. The van der Waals surface area contributed by atoms with E-state index in [4.69, 9.17) is 11.6 Å². The van der Waals surface area contributed by atoms with E-state index in [1.165, 1.54) is 0 Å². The summed E-state index contributed by atoms with van der Waals surface area (Å²) in [5, 5.41) is 10.2. The van der Waals surface area contributed by atoms with Crippen molar-refractivity contribution in [3.05, 3.63) is 28.8 Å². The lowest BCUT2D eigenvalue weighted by atomic mass is 10.1. The lowest BCUT2D eigenvalue weighted by Crippen LogP contribution is -2.52. The van der Waals surface area contributed by atoms with E-state index >= 15 is 0 Å². The van der Waals surface area contributed by atoms with E-state index in [1.807, 2.05) is 18.2 Å². The molecule has 1 N–H and O–H groups in total. The summed E-state index contributed by atoms with van der Waals surface area (Å²) in [6.07, 6.45) is 0. The fraction of sp³-hybridized carbons (Fsp3) is 0.571. The van der Waals surface area contributed by atoms with Crippen molar-refractivity contribution in [2.45, 2.75) is 26.5 Å². The molecule has 2 rings (SSSR count). The van der Waals surface area contributed by atoms with Gasteiger partial charge in [-0.3, -0.25) is 4.90 Å². The number of benzene rings is 1. The molecule has 1 heterocycles. The Labute approximate surface area is 114 Å². The number of halogens is 1. The van der Waals surface area contributed by atoms with Crippen molar-refractivity contribution >= 4 is 17.3 Å². The summed E-state index contributed by atoms with van der Waals surface area (Å²) in [6.45, 7) is 8.65. The molecule has 0 spiro atoms. The maximum Gasteiger partial charge on any atom is 0.0702 e. The fourth-order valence-corrected chi connectivity index (χ4v) is 2.82. The highest BCUT2D eigenvalue weighted by molar-refractivity contribution is 6.30. The normalized spacial score (nSPS) is 21.3. The molecule has 1 saturated heterocycles. The molecule has 3 nitrogen and oxygen atoms in total. The Morgan fingerprint density at radius 1 is 1.39 bits per heavy atom. The Bertz CT molecular complexity index is 411. The smallest absolute Gasteiger partial charge is 0.0702 e. The van der Waals surface area contributed by atoms with Crippen LogP contribution in [-0.4, -0.2) is 42.2 Å². The van der Waals surface area contributed by atoms with Crippen LogP contribution in [0.4, 0.5) is 5.69 Å². The van der Waals surface area contributed by atoms with Gasteiger partial charge in [-0.2, -0.15) is 0 Å². The zero-order chi connectivity index (χ0) is 13.1. The van der Waals surface area contributed by atoms with Crippen LogP contribution >= 0.6 is 11.6 Å². The van der Waals surface area contributed by atoms with Gasteiger partial charge in [0.15, 0.2) is 0 Å². The predicted octanol–water partition coefficient (Wildman–Crippen LogP) is 2.36. The minimum absolute atomic E-state index is 0.0644. The first-order valence-electron chi connectivity index (χ1n) is 6.54. The van der Waals surface area contributed by atoms with Crippen molar-refractivity contribution in [2.75, 3.05) is 31.1 Å². The van der Waals surface area contributed by atoms with Crippen LogP contribution in [0.15, 0.2) is 18.2 Å². The van der Waals surface area contributed by atoms with Gasteiger partial charge in [0.05, 0.1) is 6.61 Å². The van der Waals surface area contributed by atoms with Crippen molar-refractivity contribution < 1.29 is 5.11 Å². The second-order valence-electron chi connectivity index (χ2n) is 4.85. The molecule has 0 bridgehead atoms. The molecule has 18 heavy (non-hydrogen) atoms. The average Bonchev–Trinajstić information content (AvgIpc) is 2.38. The van der Waals surface area contributed by atoms with Crippen LogP contribution in [0.1, 0.15) is 19.4 Å². The molecular weight excluding hydrogens is 248 g/mol. The number of anilines is 1. The molecule has 1 aromatic carbocycles. The minimum atomic E-state index is 0.0644. The molecule has 0 aliphatic carbocycles. The monoisotopic (exact) mass is 268 g/mol. The number of aliphatic hydroxyl groups is 1. The number of nitrogens with zero attached hydrogens (tertiary/aromatic N) is 2. The van der Waals surface area contributed by atoms with Gasteiger partial charge in [-0.1, -0.05) is 24.6 Å². The van der Waals surface area contributed by atoms with Gasteiger partial charge in [-0.15, -0.1) is 0 Å². The number of likely N-dealkylation sites (N-methyl/N-ethyl adjacent to an activating group) is 1. The van der Waals surface area contributed by atoms with Gasteiger partial charge >= 0.3 is 0 Å². The Hall–Kier alpha value is -0.770. The predicted molar refractivity (Wildman–Crippen MR) is 76.3 cm³/mol. The van der Waals surface area contributed by atoms with Crippen LogP contribution in [0, 0.1) is 0 Å². The summed E-state index contributed by atoms with van der Waals surface area (Å²) in [5.41, 5.74) is 2.03. The van der Waals surface area contributed by atoms with E-state index in [0.29, 0.717) is 6.04 Å². The van der Waals surface area contributed by atoms with E-state index < -0.39 is 0 Å². The quantitative estimate of drug-likeness (QED) is 0.912. The molecule has 1 aliphatic heterocycles. The highest BCUT2D eigenvalue weighted by Crippen LogP contribution is 2.27. The molecule has 1 aromatic rings. The van der Waals surface area contributed by atoms with Gasteiger partial charge < -0.3 is 10.0 Å². The Morgan fingerprint density at radius 3 is 2.78 bits per heavy atom. The van der Waals surface area contributed by atoms with Gasteiger partial charge in [0.2, 0.25) is 0 Å². The zero-order valence-corrected chi connectivity index (χ0v) is 11.8. The average molecular weight is 269 g/mol. The lowest BCUT2D eigenvalue weighted by Gasteiger charge is -2.41. The molecule has 0 radical (unpaired) electrons. The summed E-state index contributed by atoms with van der Waals surface area (Å²) in [5.74, 6) is 0. The molecule has 4 heteroatoms. The number of hydrogen-bond donors (Lipinski definition) is 1. The summed E-state index contributed by atoms with van der Waals surface area (Å²) < 4.78 is 0. The summed E-state index contributed by atoms with van der Waals surface area (Å²) in [7, 11) is 0. The van der Waals surface area contributed by atoms with E-state index in [-0.39, 0.29) is 6.61 Å². The van der Waals surface area contributed by atoms with Crippen LogP contribution < -0.4 is 4.90 Å². The van der Waals surface area contributed by atoms with Gasteiger partial charge in [0, 0.05) is 41.9 Å². The van der Waals surface area contributed by atoms with E-state index in [2.05, 4.69) is 23.6 Å². The second kappa shape index (κ2) is 5.91. The third-order valence-electron chi connectivity index (χ3n) is 3.73. The Kier molecular flexibility index (Phi) is 4.49. The highest BCUT2D eigenvalue weighted by Gasteiger charge is 2.23. The molecular formula is C14H21ClN2O. The summed E-state index contributed by atoms with van der Waals surface area (Å²) in [6, 6.07) is 6.24. The Morgan fingerprint density at radius 2 is 2.17 bits per heavy atom. The highest BCUT2D eigenvalue weighted by atomic mass is 35.5. The zero-order valence-electron chi connectivity index (χ0n) is 11.1. The summed E-state index contributed by atoms with van der Waals surface area (Å²) in [4.78, 5) is 4.80. The molecule has 0 amide bonds. The van der Waals surface area contributed by atoms with Gasteiger partial charge in [0.1, 0.15) is 0 Å². The van der Waals surface area contributed by atoms with Crippen LogP contribution in [0.2, 0.25) is 5.02 Å². The fourth-order valence-electron chi connectivity index (χ4n) is 2.65. The number of piperazine rings is 1. The standard InChI is InChI=1S/C14H21ClN2O/c1-3-16-6-7-17(9-11(16)2)14-8-13(15)5-4-12(14)10-18/h4-5,8,11,18H,3,6-7,9-10H2,1-2H3. The number of rotatable bonds is 3. The van der Waals surface area contributed by atoms with Crippen molar-refractivity contribution in [1.82, 2.24) is 4.90 Å². The van der Waals surface area contributed by atoms with E-state index in [9.17, 15) is 5.11 Å². The largest absolute Gasteiger partial charge is 0.392 e. The van der Waals surface area contributed by atoms with Crippen LogP contribution in [0.5, 0.6) is 0 Å². The topological polar surface area (TPSA) is 26.7 Å². The molecule has 1 atom stereocenters. The van der Waals surface area contributed by atoms with Crippen LogP contribution in [0.25, 0.3) is 0 Å². The molecule has 0 saturated carbocycles. The van der Waals surface area contributed by atoms with Crippen LogP contribution in [-0.2, 0) is 6.61 Å². The molecule has 0 aromatic heterocycles. The van der Waals surface area contributed by atoms with Crippen molar-refractivity contribution in [3.63, 3.8) is 0 Å². The SMILES string of the molecule is CCN1CCN(c2cc(Cl)ccc2CO)CC1C. The molecule has 1 aliphatic rings. The van der Waals surface area contributed by atoms with Gasteiger partial charge in [-0.25, -0.2) is 0 Å². The van der Waals surface area contributed by atoms with Gasteiger partial charge in [-0.05, 0) is 25.6 Å². The van der Waals surface area contributed by atoms with Crippen LogP contribution in [0.3, 0.4) is 0 Å². The van der Waals surface area contributed by atoms with E-state index in [0.717, 1.165) is 42.5 Å². The second-order valence-corrected chi connectivity index (χ2v) is 5.29. The van der Waals surface area contributed by atoms with Gasteiger partial charge in [0.25, 0.3) is 0 Å². The van der Waals surface area contributed by atoms with Crippen molar-refractivity contribution in [2.24, 2.45) is 0 Å². The first-order chi connectivity index (χ1) is 8.65.